The van der Waals surface area contributed by atoms with Crippen LogP contribution in [0.25, 0.3) is 0 Å². The van der Waals surface area contributed by atoms with E-state index in [1.165, 1.54) is 31.2 Å². The highest BCUT2D eigenvalue weighted by Gasteiger charge is 2.55. The van der Waals surface area contributed by atoms with Crippen molar-refractivity contribution in [3.8, 4) is 0 Å². The maximum absolute atomic E-state index is 14.4. The number of carbonyl (C=O) groups is 1. The van der Waals surface area contributed by atoms with Crippen LogP contribution in [0, 0.1) is 0 Å². The van der Waals surface area contributed by atoms with E-state index in [-0.39, 0.29) is 29.2 Å². The largest absolute Gasteiger partial charge is 0.461 e. The van der Waals surface area contributed by atoms with Crippen LogP contribution in [0.15, 0.2) is 93.8 Å². The molecule has 0 aliphatic carbocycles. The molecule has 2 aromatic carbocycles. The summed E-state index contributed by atoms with van der Waals surface area (Å²) in [6, 6.07) is 16.4. The minimum absolute atomic E-state index is 0.0443. The molecule has 6 nitrogen and oxygen atoms in total. The first-order valence-electron chi connectivity index (χ1n) is 12.7. The molecule has 2 aromatic rings. The molecule has 0 aromatic heterocycles. The molecule has 0 saturated carbocycles. The van der Waals surface area contributed by atoms with E-state index in [9.17, 15) is 21.6 Å². The van der Waals surface area contributed by atoms with Gasteiger partial charge in [-0.25, -0.2) is 16.8 Å². The van der Waals surface area contributed by atoms with Crippen LogP contribution < -0.4 is 0 Å². The van der Waals surface area contributed by atoms with Crippen LogP contribution >= 0.6 is 0 Å². The zero-order chi connectivity index (χ0) is 28.6. The topological polar surface area (TPSA) is 94.6 Å². The molecule has 0 bridgehead atoms. The highest BCUT2D eigenvalue weighted by atomic mass is 32.3. The Labute approximate surface area is 229 Å². The second-order valence-corrected chi connectivity index (χ2v) is 21.2. The van der Waals surface area contributed by atoms with E-state index < -0.39 is 37.8 Å². The first kappa shape index (κ1) is 31.7. The van der Waals surface area contributed by atoms with E-state index in [1.807, 2.05) is 6.92 Å². The van der Waals surface area contributed by atoms with E-state index in [2.05, 4.69) is 25.7 Å². The third kappa shape index (κ3) is 8.00. The predicted octanol–water partition coefficient (Wildman–Crippen LogP) is 6.59. The molecule has 9 heteroatoms. The van der Waals surface area contributed by atoms with E-state index in [0.29, 0.717) is 12.0 Å². The van der Waals surface area contributed by atoms with Crippen molar-refractivity contribution < 1.29 is 26.4 Å². The Kier molecular flexibility index (Phi) is 10.9. The van der Waals surface area contributed by atoms with Gasteiger partial charge in [-0.05, 0) is 62.6 Å². The lowest BCUT2D eigenvalue weighted by molar-refractivity contribution is -0.139. The van der Waals surface area contributed by atoms with Crippen molar-refractivity contribution in [2.75, 3.05) is 6.61 Å². The van der Waals surface area contributed by atoms with Crippen molar-refractivity contribution in [2.24, 2.45) is 0 Å². The van der Waals surface area contributed by atoms with Gasteiger partial charge in [0, 0.05) is 21.4 Å². The average molecular weight is 577 g/mol. The fourth-order valence-electron chi connectivity index (χ4n) is 3.94. The monoisotopic (exact) mass is 576 g/mol. The molecule has 208 valence electrons. The van der Waals surface area contributed by atoms with Crippen molar-refractivity contribution in [1.82, 2.24) is 0 Å². The zero-order valence-corrected chi connectivity index (χ0v) is 25.9. The molecule has 0 unspecified atom stereocenters. The second-order valence-electron chi connectivity index (χ2n) is 10.9. The van der Waals surface area contributed by atoms with Crippen LogP contribution in [0.2, 0.25) is 25.7 Å². The number of allylic oxidation sites excluding steroid dienone is 3. The first-order valence-corrected chi connectivity index (χ1v) is 19.3. The number of carbonyl (C=O) groups excluding carboxylic acids is 1. The lowest BCUT2D eigenvalue weighted by atomic mass is 10.1. The van der Waals surface area contributed by atoms with Gasteiger partial charge in [0.25, 0.3) is 0 Å². The number of sulfone groups is 2. The molecule has 0 spiro atoms. The van der Waals surface area contributed by atoms with E-state index in [0.717, 1.165) is 11.6 Å². The maximum atomic E-state index is 14.4. The Bertz CT molecular complexity index is 1290. The van der Waals surface area contributed by atoms with Gasteiger partial charge in [0.1, 0.15) is 6.61 Å². The fraction of sp³-hybridized carbons (Fsp3) is 0.414. The lowest BCUT2D eigenvalue weighted by Crippen LogP contribution is -2.46. The Balaban J connectivity index is 2.76. The van der Waals surface area contributed by atoms with Gasteiger partial charge in [-0.1, -0.05) is 73.8 Å². The molecule has 0 radical (unpaired) electrons. The van der Waals surface area contributed by atoms with Gasteiger partial charge in [-0.3, -0.25) is 4.79 Å². The zero-order valence-electron chi connectivity index (χ0n) is 23.2. The van der Waals surface area contributed by atoms with Crippen LogP contribution in [-0.4, -0.2) is 41.6 Å². The Morgan fingerprint density at radius 3 is 1.68 bits per heavy atom. The normalized spacial score (nSPS) is 13.8. The molecule has 0 saturated heterocycles. The van der Waals surface area contributed by atoms with Crippen molar-refractivity contribution in [1.29, 1.82) is 0 Å². The minimum Gasteiger partial charge on any atom is -0.461 e. The molecule has 0 amide bonds. The molecule has 2 rings (SSSR count). The Hall–Kier alpha value is -2.49. The van der Waals surface area contributed by atoms with Crippen LogP contribution in [0.4, 0.5) is 0 Å². The summed E-state index contributed by atoms with van der Waals surface area (Å²) < 4.78 is 60.4. The Morgan fingerprint density at radius 1 is 0.789 bits per heavy atom. The molecule has 0 N–H and O–H groups in total. The molecule has 0 aliphatic heterocycles. The summed E-state index contributed by atoms with van der Waals surface area (Å²) in [5.74, 6) is -0.471. The quantitative estimate of drug-likeness (QED) is 0.152. The molecule has 38 heavy (non-hydrogen) atoms. The summed E-state index contributed by atoms with van der Waals surface area (Å²) in [4.78, 5) is 11.2. The van der Waals surface area contributed by atoms with Crippen molar-refractivity contribution in [3.05, 3.63) is 84.0 Å². The van der Waals surface area contributed by atoms with Gasteiger partial charge >= 0.3 is 5.97 Å². The van der Waals surface area contributed by atoms with Crippen molar-refractivity contribution >= 4 is 33.7 Å². The van der Waals surface area contributed by atoms with Gasteiger partial charge in [-0.15, -0.1) is 0 Å². The number of hydrogen-bond donors (Lipinski definition) is 0. The summed E-state index contributed by atoms with van der Waals surface area (Å²) in [7, 11) is -10.2. The maximum Gasteiger partial charge on any atom is 0.302 e. The van der Waals surface area contributed by atoms with Crippen molar-refractivity contribution in [3.63, 3.8) is 0 Å². The van der Waals surface area contributed by atoms with Gasteiger partial charge in [-0.2, -0.15) is 0 Å². The summed E-state index contributed by atoms with van der Waals surface area (Å²) in [5.41, 5.74) is 1.53. The highest BCUT2D eigenvalue weighted by Crippen LogP contribution is 2.43. The van der Waals surface area contributed by atoms with Gasteiger partial charge in [0.15, 0.2) is 23.8 Å². The van der Waals surface area contributed by atoms with E-state index in [1.54, 1.807) is 49.4 Å². The smallest absolute Gasteiger partial charge is 0.302 e. The fourth-order valence-corrected chi connectivity index (χ4v) is 9.87. The highest BCUT2D eigenvalue weighted by molar-refractivity contribution is 8.10. The molecular formula is C29H40O6S2Si. The molecule has 0 heterocycles. The van der Waals surface area contributed by atoms with Crippen LogP contribution in [0.1, 0.15) is 40.0 Å². The summed E-state index contributed by atoms with van der Waals surface area (Å²) in [5, 5.41) is 0. The third-order valence-electron chi connectivity index (χ3n) is 6.31. The lowest BCUT2D eigenvalue weighted by Gasteiger charge is -2.33. The van der Waals surface area contributed by atoms with Crippen LogP contribution in [0.3, 0.4) is 0 Å². The Morgan fingerprint density at radius 2 is 1.26 bits per heavy atom. The second kappa shape index (κ2) is 13.0. The van der Waals surface area contributed by atoms with Crippen molar-refractivity contribution in [2.45, 2.75) is 79.6 Å². The molecule has 0 aliphatic rings. The first-order chi connectivity index (χ1) is 17.6. The summed E-state index contributed by atoms with van der Waals surface area (Å²) >= 11 is 0. The number of benzene rings is 2. The number of ether oxygens (including phenoxy) is 1. The molecule has 0 atom stereocenters. The predicted molar refractivity (Wildman–Crippen MR) is 156 cm³/mol. The van der Waals surface area contributed by atoms with Gasteiger partial charge < -0.3 is 4.74 Å². The summed E-state index contributed by atoms with van der Waals surface area (Å²) in [6.45, 7) is 11.6. The molecule has 0 fully saturated rings. The van der Waals surface area contributed by atoms with Gasteiger partial charge in [0.2, 0.25) is 0 Å². The van der Waals surface area contributed by atoms with Crippen LogP contribution in [0.5, 0.6) is 0 Å². The van der Waals surface area contributed by atoms with Gasteiger partial charge in [0.05, 0.1) is 9.79 Å². The third-order valence-corrected chi connectivity index (χ3v) is 13.5. The number of hydrogen-bond acceptors (Lipinski definition) is 6. The summed E-state index contributed by atoms with van der Waals surface area (Å²) in [6.07, 6.45) is 3.59. The number of esters is 1. The SMILES string of the molecule is CC(=O)OC/C(C)=C/CC(CC/C(C)=C/C[Si](C)(C)C)(S(=O)(=O)c1ccccc1)S(=O)(=O)c1ccccc1. The van der Waals surface area contributed by atoms with E-state index >= 15 is 0 Å². The van der Waals surface area contributed by atoms with E-state index in [4.69, 9.17) is 4.74 Å². The van der Waals surface area contributed by atoms with Crippen LogP contribution in [-0.2, 0) is 29.2 Å². The average Bonchev–Trinajstić information content (AvgIpc) is 2.86. The standard InChI is InChI=1S/C29H40O6S2Si/c1-24(19-22-38(4,5)6)17-20-29(21-18-25(2)23-35-26(3)30,36(31,32)27-13-9-7-10-14-27)37(33,34)28-15-11-8-12-16-28/h7-16,18-19H,17,20-23H2,1-6H3/b24-19+,25-18+. The number of rotatable bonds is 13. The molecular weight excluding hydrogens is 537 g/mol. The minimum atomic E-state index is -4.39.